The summed E-state index contributed by atoms with van der Waals surface area (Å²) in [5, 5.41) is 3.21. The van der Waals surface area contributed by atoms with Crippen molar-refractivity contribution in [3.05, 3.63) is 82.9 Å². The lowest BCUT2D eigenvalue weighted by molar-refractivity contribution is -0.119. The minimum Gasteiger partial charge on any atom is -0.359 e. The van der Waals surface area contributed by atoms with E-state index >= 15 is 0 Å². The number of aromatic nitrogens is 2. The van der Waals surface area contributed by atoms with E-state index in [1.165, 1.54) is 0 Å². The molecule has 2 aromatic heterocycles. The Balaban J connectivity index is 1.64. The Hall–Kier alpha value is -3.25. The van der Waals surface area contributed by atoms with Crippen molar-refractivity contribution in [2.75, 3.05) is 7.05 Å². The molecule has 4 rings (SSSR count). The van der Waals surface area contributed by atoms with Crippen LogP contribution in [0.1, 0.15) is 34.3 Å². The Bertz CT molecular complexity index is 1100. The van der Waals surface area contributed by atoms with Crippen LogP contribution in [0.5, 0.6) is 0 Å². The van der Waals surface area contributed by atoms with Gasteiger partial charge in [-0.1, -0.05) is 29.8 Å². The Labute approximate surface area is 186 Å². The maximum Gasteiger partial charge on any atom is 0.256 e. The minimum atomic E-state index is -0.0813. The molecule has 2 heterocycles. The van der Waals surface area contributed by atoms with Crippen LogP contribution in [0.3, 0.4) is 0 Å². The fourth-order valence-electron chi connectivity index (χ4n) is 3.56. The highest BCUT2D eigenvalue weighted by atomic mass is 35.5. The number of benzene rings is 1. The third-order valence-electron chi connectivity index (χ3n) is 5.37. The standard InChI is InChI=1S/C24H23ClN4O2/c1-26-23(30)12-16-4-7-22(25)18(11-16)15-29(19-5-6-19)24(31)21-14-28-10-8-20(21)17-3-2-9-27-13-17/h2-4,7-11,13-14,19H,5-6,12,15H2,1H3,(H,26,30). The zero-order chi connectivity index (χ0) is 21.8. The van der Waals surface area contributed by atoms with Crippen molar-refractivity contribution in [1.82, 2.24) is 20.2 Å². The molecule has 1 aliphatic rings. The SMILES string of the molecule is CNC(=O)Cc1ccc(Cl)c(CN(C(=O)c2cnccc2-c2cccnc2)C2CC2)c1. The summed E-state index contributed by atoms with van der Waals surface area (Å²) >= 11 is 6.45. The number of carbonyl (C=O) groups is 2. The van der Waals surface area contributed by atoms with Crippen LogP contribution >= 0.6 is 11.6 Å². The molecule has 0 radical (unpaired) electrons. The highest BCUT2D eigenvalue weighted by Crippen LogP contribution is 2.33. The third-order valence-corrected chi connectivity index (χ3v) is 5.74. The van der Waals surface area contributed by atoms with Crippen LogP contribution in [0.2, 0.25) is 5.02 Å². The Morgan fingerprint density at radius 1 is 1.13 bits per heavy atom. The van der Waals surface area contributed by atoms with E-state index in [0.29, 0.717) is 17.1 Å². The lowest BCUT2D eigenvalue weighted by atomic mass is 10.0. The molecule has 0 bridgehead atoms. The van der Waals surface area contributed by atoms with Gasteiger partial charge >= 0.3 is 0 Å². The van der Waals surface area contributed by atoms with Gasteiger partial charge in [-0.05, 0) is 47.7 Å². The van der Waals surface area contributed by atoms with E-state index in [2.05, 4.69) is 15.3 Å². The van der Waals surface area contributed by atoms with Gasteiger partial charge in [0, 0.05) is 55.0 Å². The van der Waals surface area contributed by atoms with Crippen molar-refractivity contribution in [3.63, 3.8) is 0 Å². The topological polar surface area (TPSA) is 75.2 Å². The summed E-state index contributed by atoms with van der Waals surface area (Å²) in [5.41, 5.74) is 3.90. The average molecular weight is 435 g/mol. The molecule has 1 fully saturated rings. The molecule has 1 aliphatic carbocycles. The summed E-state index contributed by atoms with van der Waals surface area (Å²) in [6.07, 6.45) is 8.94. The largest absolute Gasteiger partial charge is 0.359 e. The van der Waals surface area contributed by atoms with Crippen molar-refractivity contribution >= 4 is 23.4 Å². The molecule has 6 nitrogen and oxygen atoms in total. The van der Waals surface area contributed by atoms with E-state index < -0.39 is 0 Å². The van der Waals surface area contributed by atoms with E-state index in [1.807, 2.05) is 35.2 Å². The number of rotatable bonds is 7. The number of nitrogens with one attached hydrogen (secondary N) is 1. The highest BCUT2D eigenvalue weighted by molar-refractivity contribution is 6.31. The number of hydrogen-bond acceptors (Lipinski definition) is 4. The summed E-state index contributed by atoms with van der Waals surface area (Å²) in [6.45, 7) is 0.380. The van der Waals surface area contributed by atoms with Gasteiger partial charge < -0.3 is 10.2 Å². The van der Waals surface area contributed by atoms with Gasteiger partial charge in [0.15, 0.2) is 0 Å². The summed E-state index contributed by atoms with van der Waals surface area (Å²) in [4.78, 5) is 35.6. The number of nitrogens with zero attached hydrogens (tertiary/aromatic N) is 3. The monoisotopic (exact) mass is 434 g/mol. The van der Waals surface area contributed by atoms with Crippen LogP contribution in [0.4, 0.5) is 0 Å². The maximum absolute atomic E-state index is 13.6. The molecule has 2 amide bonds. The Kier molecular flexibility index (Phi) is 6.28. The van der Waals surface area contributed by atoms with Gasteiger partial charge in [0.2, 0.25) is 5.91 Å². The van der Waals surface area contributed by atoms with Gasteiger partial charge in [-0.2, -0.15) is 0 Å². The van der Waals surface area contributed by atoms with Crippen molar-refractivity contribution < 1.29 is 9.59 Å². The molecule has 1 N–H and O–H groups in total. The highest BCUT2D eigenvalue weighted by Gasteiger charge is 2.34. The zero-order valence-corrected chi connectivity index (χ0v) is 18.0. The fraction of sp³-hybridized carbons (Fsp3) is 0.250. The lowest BCUT2D eigenvalue weighted by Crippen LogP contribution is -2.33. The summed E-state index contributed by atoms with van der Waals surface area (Å²) < 4.78 is 0. The molecule has 3 aromatic rings. The predicted molar refractivity (Wildman–Crippen MR) is 120 cm³/mol. The van der Waals surface area contributed by atoms with Crippen LogP contribution in [-0.2, 0) is 17.8 Å². The van der Waals surface area contributed by atoms with E-state index in [4.69, 9.17) is 11.6 Å². The van der Waals surface area contributed by atoms with Crippen LogP contribution < -0.4 is 5.32 Å². The summed E-state index contributed by atoms with van der Waals surface area (Å²) in [5.74, 6) is -0.151. The van der Waals surface area contributed by atoms with Crippen molar-refractivity contribution in [3.8, 4) is 11.1 Å². The zero-order valence-electron chi connectivity index (χ0n) is 17.2. The first-order valence-corrected chi connectivity index (χ1v) is 10.6. The van der Waals surface area contributed by atoms with E-state index in [1.54, 1.807) is 37.9 Å². The second-order valence-corrected chi connectivity index (χ2v) is 8.01. The van der Waals surface area contributed by atoms with Gasteiger partial charge in [0.25, 0.3) is 5.91 Å². The number of pyridine rings is 2. The van der Waals surface area contributed by atoms with Gasteiger partial charge in [-0.15, -0.1) is 0 Å². The van der Waals surface area contributed by atoms with Crippen molar-refractivity contribution in [1.29, 1.82) is 0 Å². The first-order chi connectivity index (χ1) is 15.1. The van der Waals surface area contributed by atoms with Crippen molar-refractivity contribution in [2.24, 2.45) is 0 Å². The molecular formula is C24H23ClN4O2. The van der Waals surface area contributed by atoms with Gasteiger partial charge in [0.1, 0.15) is 0 Å². The van der Waals surface area contributed by atoms with Gasteiger partial charge in [-0.25, -0.2) is 0 Å². The van der Waals surface area contributed by atoms with E-state index in [-0.39, 0.29) is 24.3 Å². The molecule has 0 atom stereocenters. The molecule has 0 aliphatic heterocycles. The molecule has 1 aromatic carbocycles. The van der Waals surface area contributed by atoms with Gasteiger partial charge in [-0.3, -0.25) is 19.6 Å². The number of likely N-dealkylation sites (N-methyl/N-ethyl adjacent to an activating group) is 1. The van der Waals surface area contributed by atoms with E-state index in [9.17, 15) is 9.59 Å². The minimum absolute atomic E-state index is 0.0696. The number of halogens is 1. The molecule has 0 saturated heterocycles. The molecule has 1 saturated carbocycles. The van der Waals surface area contributed by atoms with Gasteiger partial charge in [0.05, 0.1) is 12.0 Å². The predicted octanol–water partition coefficient (Wildman–Crippen LogP) is 3.89. The van der Waals surface area contributed by atoms with Crippen LogP contribution in [0.15, 0.2) is 61.2 Å². The lowest BCUT2D eigenvalue weighted by Gasteiger charge is -2.24. The molecule has 7 heteroatoms. The van der Waals surface area contributed by atoms with Crippen LogP contribution in [0.25, 0.3) is 11.1 Å². The van der Waals surface area contributed by atoms with Crippen LogP contribution in [-0.4, -0.2) is 39.8 Å². The molecule has 31 heavy (non-hydrogen) atoms. The second kappa shape index (κ2) is 9.27. The summed E-state index contributed by atoms with van der Waals surface area (Å²) in [7, 11) is 1.61. The smallest absolute Gasteiger partial charge is 0.256 e. The molecule has 0 spiro atoms. The van der Waals surface area contributed by atoms with Crippen LogP contribution in [0, 0.1) is 0 Å². The Morgan fingerprint density at radius 3 is 2.65 bits per heavy atom. The normalized spacial score (nSPS) is 13.0. The Morgan fingerprint density at radius 2 is 1.94 bits per heavy atom. The quantitative estimate of drug-likeness (QED) is 0.612. The first-order valence-electron chi connectivity index (χ1n) is 10.2. The average Bonchev–Trinajstić information content (AvgIpc) is 3.64. The summed E-state index contributed by atoms with van der Waals surface area (Å²) in [6, 6.07) is 11.3. The number of amides is 2. The van der Waals surface area contributed by atoms with E-state index in [0.717, 1.165) is 35.1 Å². The number of carbonyl (C=O) groups excluding carboxylic acids is 2. The molecular weight excluding hydrogens is 412 g/mol. The fourth-order valence-corrected chi connectivity index (χ4v) is 3.74. The molecule has 0 unspecified atom stereocenters. The molecule has 158 valence electrons. The maximum atomic E-state index is 13.6. The second-order valence-electron chi connectivity index (χ2n) is 7.60. The van der Waals surface area contributed by atoms with Crippen molar-refractivity contribution in [2.45, 2.75) is 31.8 Å². The number of hydrogen-bond donors (Lipinski definition) is 1. The third kappa shape index (κ3) is 4.91. The first kappa shape index (κ1) is 21.0.